The average molecular weight is 1160 g/mol. The summed E-state index contributed by atoms with van der Waals surface area (Å²) in [5.74, 6) is 1.00. The molecule has 70 heavy (non-hydrogen) atoms. The Morgan fingerprint density at radius 1 is 0.643 bits per heavy atom. The summed E-state index contributed by atoms with van der Waals surface area (Å²) in [6.45, 7) is 22.2. The predicted octanol–water partition coefficient (Wildman–Crippen LogP) is 11.2. The Morgan fingerprint density at radius 2 is 1.00 bits per heavy atom. The number of nitrogens with two attached hydrogens (primary N) is 1. The second-order valence-corrected chi connectivity index (χ2v) is 30.7. The highest BCUT2D eigenvalue weighted by atomic mass is 36.0. The van der Waals surface area contributed by atoms with Gasteiger partial charge in [-0.3, -0.25) is 4.57 Å². The highest BCUT2D eigenvalue weighted by Gasteiger charge is 2.20. The van der Waals surface area contributed by atoms with E-state index in [0.29, 0.717) is 28.6 Å². The van der Waals surface area contributed by atoms with Crippen LogP contribution >= 0.6 is 50.5 Å². The second kappa shape index (κ2) is 33.1. The fourth-order valence-electron chi connectivity index (χ4n) is 5.28. The predicted molar refractivity (Wildman–Crippen MR) is 285 cm³/mol. The number of halogens is 4. The molecule has 2 N–H and O–H groups in total. The van der Waals surface area contributed by atoms with Gasteiger partial charge < -0.3 is 15.7 Å². The summed E-state index contributed by atoms with van der Waals surface area (Å²) in [5, 5.41) is 8.31. The maximum absolute atomic E-state index is 11.3. The van der Waals surface area contributed by atoms with Gasteiger partial charge in [0.05, 0.1) is 0 Å². The van der Waals surface area contributed by atoms with Crippen molar-refractivity contribution < 1.29 is 47.7 Å². The van der Waals surface area contributed by atoms with Gasteiger partial charge in [-0.05, 0) is 149 Å². The standard InChI is InChI=1S/C10H15NO3S.2C10H15NO2S.C9H13ClN2O2S.C4H8O.C2H4.Cl3OP/c1-4-8(2)9-5-6-11(12)10(7-9)15(3,13)14;2*1-4-8(2)9-5-6-11-10(7-9)14(3,12)13;1-3-7(11)6-4-8(10)12-9(5-6)15(2,13)14;1-2-4-5-3-1;1-2;1-5(2,3)4/h5-8H,4H2,1-3H3;2*5-8H,4H2,1-3H3;4-5,7H,3,11H2,1-2H3;1-4H2;1-2H2;/t3*8-;7-;;;/m0000.../s1. The smallest absolute Gasteiger partial charge is 0.339 e. The van der Waals surface area contributed by atoms with E-state index in [2.05, 4.69) is 89.5 Å². The van der Waals surface area contributed by atoms with Crippen LogP contribution in [0.25, 0.3) is 0 Å². The first-order valence-electron chi connectivity index (χ1n) is 21.7. The van der Waals surface area contributed by atoms with Crippen molar-refractivity contribution >= 4 is 89.9 Å². The van der Waals surface area contributed by atoms with Crippen LogP contribution in [-0.2, 0) is 48.7 Å². The van der Waals surface area contributed by atoms with Crippen LogP contribution in [0.5, 0.6) is 0 Å². The molecule has 1 aliphatic rings. The fourth-order valence-corrected chi connectivity index (χ4v) is 8.10. The molecule has 1 fully saturated rings. The van der Waals surface area contributed by atoms with E-state index >= 15 is 0 Å². The summed E-state index contributed by atoms with van der Waals surface area (Å²) in [6.07, 6.45) is 15.0. The number of nitrogens with zero attached hydrogens (tertiary/aromatic N) is 4. The maximum Gasteiger partial charge on any atom is 0.339 e. The molecule has 1 aliphatic heterocycles. The number of rotatable bonds is 12. The van der Waals surface area contributed by atoms with E-state index in [4.69, 9.17) is 22.1 Å². The summed E-state index contributed by atoms with van der Waals surface area (Å²) < 4.78 is 105. The third-order valence-corrected chi connectivity index (χ3v) is 14.2. The number of hydrogen-bond acceptors (Lipinski definition) is 15. The molecule has 0 unspecified atom stereocenters. The van der Waals surface area contributed by atoms with Gasteiger partial charge in [0.1, 0.15) is 5.15 Å². The topological polar surface area (TPSA) is 254 Å². The first-order valence-corrected chi connectivity index (χ1v) is 34.1. The van der Waals surface area contributed by atoms with Crippen molar-refractivity contribution in [2.24, 2.45) is 5.73 Å². The van der Waals surface area contributed by atoms with Crippen LogP contribution < -0.4 is 10.5 Å². The minimum atomic E-state index is -3.45. The summed E-state index contributed by atoms with van der Waals surface area (Å²) in [4.78, 5) is 11.4. The van der Waals surface area contributed by atoms with Gasteiger partial charge in [0.15, 0.2) is 50.8 Å². The molecule has 4 aromatic heterocycles. The van der Waals surface area contributed by atoms with Crippen molar-refractivity contribution in [3.8, 4) is 0 Å². The molecule has 1 saturated heterocycles. The van der Waals surface area contributed by atoms with Crippen LogP contribution in [0, 0.1) is 5.21 Å². The van der Waals surface area contributed by atoms with Gasteiger partial charge in [-0.25, -0.2) is 48.6 Å². The summed E-state index contributed by atoms with van der Waals surface area (Å²) in [6, 6.07) is 13.0. The van der Waals surface area contributed by atoms with Crippen molar-refractivity contribution in [3.63, 3.8) is 0 Å². The van der Waals surface area contributed by atoms with Crippen LogP contribution in [0.4, 0.5) is 0 Å². The van der Waals surface area contributed by atoms with Crippen LogP contribution in [0.3, 0.4) is 0 Å². The van der Waals surface area contributed by atoms with Crippen molar-refractivity contribution in [1.29, 1.82) is 0 Å². The van der Waals surface area contributed by atoms with Gasteiger partial charge in [0.25, 0.3) is 0 Å². The zero-order valence-electron chi connectivity index (χ0n) is 41.7. The lowest BCUT2D eigenvalue weighted by Gasteiger charge is -2.10. The van der Waals surface area contributed by atoms with E-state index in [0.717, 1.165) is 61.7 Å². The molecule has 0 aromatic carbocycles. The Balaban J connectivity index is 0. The van der Waals surface area contributed by atoms with Gasteiger partial charge in [-0.1, -0.05) is 60.1 Å². The summed E-state index contributed by atoms with van der Waals surface area (Å²) >= 11 is 19.6. The Morgan fingerprint density at radius 3 is 1.30 bits per heavy atom. The number of aromatic nitrogens is 4. The number of ether oxygens (including phenoxy) is 1. The molecular formula is C45H70Cl4N5O11PS4. The normalized spacial score (nSPS) is 14.1. The Kier molecular flexibility index (Phi) is 32.8. The lowest BCUT2D eigenvalue weighted by atomic mass is 10.0. The number of pyridine rings is 4. The summed E-state index contributed by atoms with van der Waals surface area (Å²) in [5.41, 5.74) is 9.43. The van der Waals surface area contributed by atoms with Gasteiger partial charge >= 0.3 is 10.2 Å². The lowest BCUT2D eigenvalue weighted by Crippen LogP contribution is -2.33. The van der Waals surface area contributed by atoms with Gasteiger partial charge in [0, 0.05) is 68.8 Å². The third-order valence-electron chi connectivity index (χ3n) is 9.98. The van der Waals surface area contributed by atoms with Gasteiger partial charge in [0.2, 0.25) is 9.84 Å². The van der Waals surface area contributed by atoms with Crippen molar-refractivity contribution in [2.45, 2.75) is 131 Å². The zero-order valence-corrected chi connectivity index (χ0v) is 48.9. The third kappa shape index (κ3) is 29.7. The largest absolute Gasteiger partial charge is 0.618 e. The monoisotopic (exact) mass is 1160 g/mol. The molecule has 0 aliphatic carbocycles. The molecule has 5 rings (SSSR count). The van der Waals surface area contributed by atoms with Gasteiger partial charge in [-0.15, -0.1) is 13.2 Å². The molecular weight excluding hydrogens is 1090 g/mol. The molecule has 25 heteroatoms. The molecule has 0 radical (unpaired) electrons. The Labute approximate surface area is 437 Å². The molecule has 16 nitrogen and oxygen atoms in total. The zero-order chi connectivity index (χ0) is 54.8. The SMILES string of the molecule is C1CCOC1.C=C.CC[C@H](C)c1cc[n+]([O-])c(S(C)(=O)=O)c1.CC[C@H](C)c1ccnc(S(C)(=O)=O)c1.CC[C@H](C)c1ccnc(S(C)(=O)=O)c1.CC[C@H](N)c1cc(Cl)nc(S(C)(=O)=O)c1.O=P(Cl)(Cl)Cl. The minimum absolute atomic E-state index is 0.0334. The van der Waals surface area contributed by atoms with E-state index in [1.807, 2.05) is 32.9 Å². The van der Waals surface area contributed by atoms with Crippen molar-refractivity contribution in [3.05, 3.63) is 113 Å². The van der Waals surface area contributed by atoms with Crippen LogP contribution in [0.15, 0.2) is 100 Å². The fraction of sp³-hybridized carbons (Fsp3) is 0.511. The van der Waals surface area contributed by atoms with E-state index in [-0.39, 0.29) is 37.2 Å². The van der Waals surface area contributed by atoms with E-state index in [1.165, 1.54) is 43.7 Å². The summed E-state index contributed by atoms with van der Waals surface area (Å²) in [7, 11) is -13.1. The lowest BCUT2D eigenvalue weighted by molar-refractivity contribution is -0.646. The van der Waals surface area contributed by atoms with Gasteiger partial charge in [-0.2, -0.15) is 4.73 Å². The molecule has 0 spiro atoms. The molecule has 5 heterocycles. The van der Waals surface area contributed by atoms with E-state index < -0.39 is 44.5 Å². The average Bonchev–Trinajstić information content (AvgIpc) is 3.88. The Bertz CT molecular complexity index is 2620. The highest BCUT2D eigenvalue weighted by Crippen LogP contribution is 2.61. The minimum Gasteiger partial charge on any atom is -0.618 e. The molecule has 0 saturated carbocycles. The quantitative estimate of drug-likeness (QED) is 0.0455. The first kappa shape index (κ1) is 69.3. The molecule has 4 aromatic rings. The van der Waals surface area contributed by atoms with Crippen molar-refractivity contribution in [2.75, 3.05) is 38.2 Å². The maximum atomic E-state index is 11.3. The number of hydrogen-bond donors (Lipinski definition) is 1. The molecule has 0 bridgehead atoms. The van der Waals surface area contributed by atoms with E-state index in [9.17, 15) is 43.4 Å². The molecule has 0 amide bonds. The van der Waals surface area contributed by atoms with E-state index in [1.54, 1.807) is 36.7 Å². The molecule has 398 valence electrons. The van der Waals surface area contributed by atoms with Crippen LogP contribution in [0.2, 0.25) is 5.15 Å². The second-order valence-electron chi connectivity index (χ2n) is 15.8. The highest BCUT2D eigenvalue weighted by molar-refractivity contribution is 8.24. The van der Waals surface area contributed by atoms with Crippen molar-refractivity contribution in [1.82, 2.24) is 15.0 Å². The van der Waals surface area contributed by atoms with Crippen LogP contribution in [0.1, 0.15) is 133 Å². The molecule has 4 atom stereocenters. The number of sulfone groups is 4. The Hall–Kier alpha value is -2.75. The first-order chi connectivity index (χ1) is 32.1. The van der Waals surface area contributed by atoms with Crippen LogP contribution in [-0.4, -0.2) is 86.9 Å².